The molecular formula is C47H29N3O. The first-order chi connectivity index (χ1) is 25.3. The Hall–Kier alpha value is -6.91. The van der Waals surface area contributed by atoms with Crippen molar-refractivity contribution in [3.8, 4) is 33.8 Å². The lowest BCUT2D eigenvalue weighted by atomic mass is 10.0. The van der Waals surface area contributed by atoms with Crippen LogP contribution in [0.1, 0.15) is 0 Å². The quantitative estimate of drug-likeness (QED) is 0.190. The van der Waals surface area contributed by atoms with Crippen molar-refractivity contribution >= 4 is 65.7 Å². The van der Waals surface area contributed by atoms with E-state index in [4.69, 9.17) is 9.40 Å². The molecule has 0 radical (unpaired) electrons. The van der Waals surface area contributed by atoms with E-state index >= 15 is 0 Å². The number of aromatic nitrogens is 3. The minimum Gasteiger partial charge on any atom is -0.455 e. The molecule has 7 aromatic carbocycles. The molecule has 4 heterocycles. The van der Waals surface area contributed by atoms with Crippen molar-refractivity contribution in [2.45, 2.75) is 0 Å². The first-order valence-corrected chi connectivity index (χ1v) is 17.3. The fraction of sp³-hybridized carbons (Fsp3) is 0. The van der Waals surface area contributed by atoms with E-state index in [1.165, 1.54) is 10.8 Å². The van der Waals surface area contributed by atoms with Gasteiger partial charge in [-0.05, 0) is 72.3 Å². The number of hydrogen-bond donors (Lipinski definition) is 0. The summed E-state index contributed by atoms with van der Waals surface area (Å²) in [4.78, 5) is 5.31. The molecular weight excluding hydrogens is 623 g/mol. The van der Waals surface area contributed by atoms with Gasteiger partial charge in [-0.3, -0.25) is 0 Å². The SMILES string of the molecule is c1ccc(-c2ccc3c(n2)c2cc(-n4c5ccccc5c5cc(-c6cccc7c6oc6ccccc67)ccc54)ccc2n3-c2ccccc2)cc1. The zero-order valence-electron chi connectivity index (χ0n) is 27.5. The number of furan rings is 1. The summed E-state index contributed by atoms with van der Waals surface area (Å²) in [5.41, 5.74) is 13.8. The van der Waals surface area contributed by atoms with E-state index in [1.54, 1.807) is 0 Å². The van der Waals surface area contributed by atoms with Crippen LogP contribution in [0.5, 0.6) is 0 Å². The van der Waals surface area contributed by atoms with Gasteiger partial charge >= 0.3 is 0 Å². The van der Waals surface area contributed by atoms with E-state index in [2.05, 4.69) is 167 Å². The maximum absolute atomic E-state index is 6.45. The van der Waals surface area contributed by atoms with Crippen molar-refractivity contribution in [3.63, 3.8) is 0 Å². The number of hydrogen-bond acceptors (Lipinski definition) is 2. The Morgan fingerprint density at radius 3 is 1.94 bits per heavy atom. The fourth-order valence-electron chi connectivity index (χ4n) is 8.03. The predicted octanol–water partition coefficient (Wildman–Crippen LogP) is 12.5. The highest BCUT2D eigenvalue weighted by atomic mass is 16.3. The third-order valence-corrected chi connectivity index (χ3v) is 10.3. The molecule has 0 fully saturated rings. The second kappa shape index (κ2) is 10.8. The van der Waals surface area contributed by atoms with E-state index in [0.29, 0.717) is 0 Å². The van der Waals surface area contributed by atoms with Gasteiger partial charge in [0, 0.05) is 49.4 Å². The predicted molar refractivity (Wildman–Crippen MR) is 211 cm³/mol. The van der Waals surface area contributed by atoms with Crippen molar-refractivity contribution in [2.24, 2.45) is 0 Å². The Kier molecular flexibility index (Phi) is 5.92. The normalized spacial score (nSPS) is 11.9. The Labute approximate surface area is 293 Å². The monoisotopic (exact) mass is 651 g/mol. The van der Waals surface area contributed by atoms with Crippen molar-refractivity contribution in [2.75, 3.05) is 0 Å². The van der Waals surface area contributed by atoms with Gasteiger partial charge in [-0.1, -0.05) is 109 Å². The molecule has 0 spiro atoms. The van der Waals surface area contributed by atoms with Crippen LogP contribution in [0.3, 0.4) is 0 Å². The van der Waals surface area contributed by atoms with Crippen LogP contribution in [0.15, 0.2) is 180 Å². The molecule has 51 heavy (non-hydrogen) atoms. The fourth-order valence-corrected chi connectivity index (χ4v) is 8.03. The molecule has 4 aromatic heterocycles. The lowest BCUT2D eigenvalue weighted by Crippen LogP contribution is -1.95. The number of rotatable bonds is 4. The van der Waals surface area contributed by atoms with Crippen molar-refractivity contribution in [3.05, 3.63) is 176 Å². The number of para-hydroxylation sites is 4. The molecule has 0 N–H and O–H groups in total. The third-order valence-electron chi connectivity index (χ3n) is 10.3. The molecule has 0 aliphatic carbocycles. The minimum atomic E-state index is 0.909. The second-order valence-electron chi connectivity index (χ2n) is 13.2. The molecule has 4 heteroatoms. The van der Waals surface area contributed by atoms with Gasteiger partial charge in [0.05, 0.1) is 33.3 Å². The van der Waals surface area contributed by atoms with Gasteiger partial charge in [0.25, 0.3) is 0 Å². The molecule has 238 valence electrons. The van der Waals surface area contributed by atoms with Crippen LogP contribution in [0, 0.1) is 0 Å². The van der Waals surface area contributed by atoms with Gasteiger partial charge in [0.15, 0.2) is 0 Å². The molecule has 0 unspecified atom stereocenters. The van der Waals surface area contributed by atoms with Crippen LogP contribution >= 0.6 is 0 Å². The van der Waals surface area contributed by atoms with Gasteiger partial charge in [-0.15, -0.1) is 0 Å². The van der Waals surface area contributed by atoms with Gasteiger partial charge in [0.2, 0.25) is 0 Å². The molecule has 0 aliphatic heterocycles. The molecule has 11 aromatic rings. The Balaban J connectivity index is 1.15. The van der Waals surface area contributed by atoms with Crippen LogP contribution in [-0.4, -0.2) is 14.1 Å². The summed E-state index contributed by atoms with van der Waals surface area (Å²) in [6.07, 6.45) is 0. The maximum atomic E-state index is 6.45. The van der Waals surface area contributed by atoms with Crippen molar-refractivity contribution in [1.29, 1.82) is 0 Å². The highest BCUT2D eigenvalue weighted by molar-refractivity contribution is 6.14. The third kappa shape index (κ3) is 4.17. The molecule has 11 rings (SSSR count). The standard InChI is InChI=1S/C47H29N3O/c1-3-12-30(13-4-1)40-24-27-44-46(48-40)39-29-33(23-26-43(39)49(44)32-14-5-2-6-15-32)50-41-20-9-7-16-35(41)38-28-31(22-25-42(38)50)34-18-11-19-37-36-17-8-10-21-45(36)51-47(34)37/h1-29H. The summed E-state index contributed by atoms with van der Waals surface area (Å²) in [6.45, 7) is 0. The van der Waals surface area contributed by atoms with Crippen LogP contribution in [-0.2, 0) is 0 Å². The lowest BCUT2D eigenvalue weighted by Gasteiger charge is -2.10. The first-order valence-electron chi connectivity index (χ1n) is 17.3. The van der Waals surface area contributed by atoms with Gasteiger partial charge in [0.1, 0.15) is 11.2 Å². The van der Waals surface area contributed by atoms with E-state index < -0.39 is 0 Å². The van der Waals surface area contributed by atoms with Crippen LogP contribution in [0.25, 0.3) is 99.4 Å². The van der Waals surface area contributed by atoms with E-state index in [-0.39, 0.29) is 0 Å². The average Bonchev–Trinajstić information content (AvgIpc) is 3.85. The van der Waals surface area contributed by atoms with Crippen LogP contribution in [0.4, 0.5) is 0 Å². The number of pyridine rings is 1. The zero-order valence-corrected chi connectivity index (χ0v) is 27.5. The van der Waals surface area contributed by atoms with Crippen LogP contribution < -0.4 is 0 Å². The number of fused-ring (bicyclic) bond motifs is 9. The highest BCUT2D eigenvalue weighted by Gasteiger charge is 2.19. The van der Waals surface area contributed by atoms with Crippen molar-refractivity contribution in [1.82, 2.24) is 14.1 Å². The second-order valence-corrected chi connectivity index (χ2v) is 13.2. The molecule has 4 nitrogen and oxygen atoms in total. The summed E-state index contributed by atoms with van der Waals surface area (Å²) in [6, 6.07) is 62.4. The Morgan fingerprint density at radius 2 is 1.06 bits per heavy atom. The summed E-state index contributed by atoms with van der Waals surface area (Å²) in [7, 11) is 0. The molecule has 0 saturated carbocycles. The average molecular weight is 652 g/mol. The molecule has 0 aliphatic rings. The van der Waals surface area contributed by atoms with E-state index in [9.17, 15) is 0 Å². The molecule has 0 bridgehead atoms. The summed E-state index contributed by atoms with van der Waals surface area (Å²) >= 11 is 0. The molecule has 0 saturated heterocycles. The van der Waals surface area contributed by atoms with Crippen molar-refractivity contribution < 1.29 is 4.42 Å². The minimum absolute atomic E-state index is 0.909. The highest BCUT2D eigenvalue weighted by Crippen LogP contribution is 2.40. The van der Waals surface area contributed by atoms with Crippen LogP contribution in [0.2, 0.25) is 0 Å². The smallest absolute Gasteiger partial charge is 0.143 e. The lowest BCUT2D eigenvalue weighted by molar-refractivity contribution is 0.670. The topological polar surface area (TPSA) is 35.9 Å². The Morgan fingerprint density at radius 1 is 0.392 bits per heavy atom. The summed E-state index contributed by atoms with van der Waals surface area (Å²) in [5.74, 6) is 0. The first kappa shape index (κ1) is 28.0. The zero-order chi connectivity index (χ0) is 33.5. The number of benzene rings is 7. The van der Waals surface area contributed by atoms with Gasteiger partial charge < -0.3 is 13.6 Å². The number of nitrogens with zero attached hydrogens (tertiary/aromatic N) is 3. The largest absolute Gasteiger partial charge is 0.455 e. The molecule has 0 atom stereocenters. The summed E-state index contributed by atoms with van der Waals surface area (Å²) < 4.78 is 11.2. The van der Waals surface area contributed by atoms with E-state index in [1.807, 2.05) is 18.2 Å². The molecule has 0 amide bonds. The van der Waals surface area contributed by atoms with Gasteiger partial charge in [-0.2, -0.15) is 0 Å². The maximum Gasteiger partial charge on any atom is 0.143 e. The van der Waals surface area contributed by atoms with E-state index in [0.717, 1.165) is 88.7 Å². The Bertz CT molecular complexity index is 3130. The van der Waals surface area contributed by atoms with Gasteiger partial charge in [-0.25, -0.2) is 4.98 Å². The summed E-state index contributed by atoms with van der Waals surface area (Å²) in [5, 5.41) is 5.80.